The Balaban J connectivity index is 1.82. The monoisotopic (exact) mass is 420 g/mol. The second-order valence-electron chi connectivity index (χ2n) is 6.44. The quantitative estimate of drug-likeness (QED) is 0.711. The van der Waals surface area contributed by atoms with Gasteiger partial charge < -0.3 is 19.1 Å². The van der Waals surface area contributed by atoms with Crippen molar-refractivity contribution in [3.05, 3.63) is 48.0 Å². The summed E-state index contributed by atoms with van der Waals surface area (Å²) in [4.78, 5) is 14.3. The fraction of sp³-hybridized carbons (Fsp3) is 0.350. The Morgan fingerprint density at radius 3 is 2.21 bits per heavy atom. The van der Waals surface area contributed by atoms with E-state index in [1.54, 1.807) is 35.2 Å². The highest BCUT2D eigenvalue weighted by atomic mass is 32.2. The third-order valence-corrected chi connectivity index (χ3v) is 6.57. The van der Waals surface area contributed by atoms with Crippen LogP contribution in [0.3, 0.4) is 0 Å². The minimum atomic E-state index is -3.82. The molecule has 2 aromatic carbocycles. The molecule has 0 N–H and O–H groups in total. The van der Waals surface area contributed by atoms with E-state index in [1.807, 2.05) is 0 Å². The maximum atomic E-state index is 13.0. The third-order valence-electron chi connectivity index (χ3n) is 4.79. The molecule has 0 atom stereocenters. The first kappa shape index (κ1) is 20.9. The van der Waals surface area contributed by atoms with Crippen molar-refractivity contribution < 1.29 is 27.4 Å². The molecule has 2 aromatic rings. The second kappa shape index (κ2) is 8.71. The molecule has 3 rings (SSSR count). The number of hydrogen-bond acceptors (Lipinski definition) is 6. The van der Waals surface area contributed by atoms with E-state index in [9.17, 15) is 13.2 Å². The summed E-state index contributed by atoms with van der Waals surface area (Å²) in [5.74, 6) is 0.679. The molecule has 1 amide bonds. The first-order valence-electron chi connectivity index (χ1n) is 9.06. The normalized spacial score (nSPS) is 14.4. The van der Waals surface area contributed by atoms with Crippen molar-refractivity contribution in [2.45, 2.75) is 4.90 Å². The Morgan fingerprint density at radius 1 is 1.00 bits per heavy atom. The van der Waals surface area contributed by atoms with Gasteiger partial charge >= 0.3 is 0 Å². The van der Waals surface area contributed by atoms with Gasteiger partial charge in [0, 0.05) is 31.8 Å². The molecule has 0 bridgehead atoms. The third kappa shape index (κ3) is 4.30. The largest absolute Gasteiger partial charge is 0.493 e. The summed E-state index contributed by atoms with van der Waals surface area (Å²) in [5.41, 5.74) is 0.950. The number of ether oxygens (including phenoxy) is 3. The highest BCUT2D eigenvalue weighted by Gasteiger charge is 2.24. The number of benzene rings is 2. The predicted octanol–water partition coefficient (Wildman–Crippen LogP) is 2.00. The van der Waals surface area contributed by atoms with Crippen LogP contribution in [0.4, 0.5) is 5.69 Å². The maximum absolute atomic E-state index is 13.0. The summed E-state index contributed by atoms with van der Waals surface area (Å²) in [6.07, 6.45) is 0. The van der Waals surface area contributed by atoms with Gasteiger partial charge in [-0.05, 0) is 36.4 Å². The lowest BCUT2D eigenvalue weighted by atomic mass is 10.1. The van der Waals surface area contributed by atoms with E-state index in [1.165, 1.54) is 33.4 Å². The zero-order chi connectivity index (χ0) is 21.0. The molecule has 0 radical (unpaired) electrons. The van der Waals surface area contributed by atoms with Crippen LogP contribution in [0.1, 0.15) is 10.4 Å². The van der Waals surface area contributed by atoms with Crippen LogP contribution >= 0.6 is 0 Å². The first-order valence-corrected chi connectivity index (χ1v) is 10.5. The van der Waals surface area contributed by atoms with Crippen LogP contribution in [-0.4, -0.2) is 66.8 Å². The summed E-state index contributed by atoms with van der Waals surface area (Å²) in [7, 11) is 0.576. The van der Waals surface area contributed by atoms with Crippen LogP contribution in [0.25, 0.3) is 0 Å². The number of nitrogens with zero attached hydrogens (tertiary/aromatic N) is 2. The lowest BCUT2D eigenvalue weighted by molar-refractivity contribution is 0.0303. The van der Waals surface area contributed by atoms with Gasteiger partial charge in [0.25, 0.3) is 15.9 Å². The molecule has 156 valence electrons. The van der Waals surface area contributed by atoms with Crippen LogP contribution in [-0.2, 0) is 14.8 Å². The molecule has 0 unspecified atom stereocenters. The summed E-state index contributed by atoms with van der Waals surface area (Å²) >= 11 is 0. The van der Waals surface area contributed by atoms with Crippen molar-refractivity contribution in [1.29, 1.82) is 0 Å². The Kier molecular flexibility index (Phi) is 6.29. The molecular formula is C20H24N2O6S. The Morgan fingerprint density at radius 2 is 1.62 bits per heavy atom. The maximum Gasteiger partial charge on any atom is 0.264 e. The van der Waals surface area contributed by atoms with Gasteiger partial charge in [0.2, 0.25) is 0 Å². The summed E-state index contributed by atoms with van der Waals surface area (Å²) < 4.78 is 42.8. The number of carbonyl (C=O) groups excluding carboxylic acids is 1. The van der Waals surface area contributed by atoms with E-state index in [0.29, 0.717) is 49.1 Å². The van der Waals surface area contributed by atoms with Crippen LogP contribution < -0.4 is 13.8 Å². The number of sulfonamides is 1. The van der Waals surface area contributed by atoms with Crippen LogP contribution in [0, 0.1) is 0 Å². The van der Waals surface area contributed by atoms with Crippen molar-refractivity contribution in [1.82, 2.24) is 4.90 Å². The van der Waals surface area contributed by atoms with E-state index in [4.69, 9.17) is 14.2 Å². The fourth-order valence-corrected chi connectivity index (χ4v) is 4.25. The SMILES string of the molecule is COc1ccc(S(=O)(=O)N(C)c2ccc(C(=O)N3CCOCC3)cc2)cc1OC. The molecule has 9 heteroatoms. The summed E-state index contributed by atoms with van der Waals surface area (Å²) in [6, 6.07) is 10.9. The number of carbonyl (C=O) groups is 1. The van der Waals surface area contributed by atoms with Crippen molar-refractivity contribution in [3.8, 4) is 11.5 Å². The van der Waals surface area contributed by atoms with Crippen molar-refractivity contribution in [2.75, 3.05) is 51.9 Å². The molecule has 29 heavy (non-hydrogen) atoms. The molecule has 0 spiro atoms. The number of methoxy groups -OCH3 is 2. The molecule has 0 aliphatic carbocycles. The minimum absolute atomic E-state index is 0.0751. The van der Waals surface area contributed by atoms with Crippen LogP contribution in [0.15, 0.2) is 47.4 Å². The lowest BCUT2D eigenvalue weighted by Crippen LogP contribution is -2.40. The predicted molar refractivity (Wildman–Crippen MR) is 108 cm³/mol. The van der Waals surface area contributed by atoms with E-state index >= 15 is 0 Å². The zero-order valence-corrected chi connectivity index (χ0v) is 17.4. The standard InChI is InChI=1S/C20H24N2O6S/c1-21(29(24,25)17-8-9-18(26-2)19(14-17)27-3)16-6-4-15(5-7-16)20(23)22-10-12-28-13-11-22/h4-9,14H,10-13H2,1-3H3. The topological polar surface area (TPSA) is 85.4 Å². The van der Waals surface area contributed by atoms with Gasteiger partial charge in [0.05, 0.1) is 38.0 Å². The highest BCUT2D eigenvalue weighted by Crippen LogP contribution is 2.31. The van der Waals surface area contributed by atoms with Gasteiger partial charge in [0.15, 0.2) is 11.5 Å². The van der Waals surface area contributed by atoms with Crippen molar-refractivity contribution in [3.63, 3.8) is 0 Å². The van der Waals surface area contributed by atoms with Gasteiger partial charge in [-0.25, -0.2) is 8.42 Å². The second-order valence-corrected chi connectivity index (χ2v) is 8.41. The molecule has 0 aromatic heterocycles. The van der Waals surface area contributed by atoms with Crippen LogP contribution in [0.2, 0.25) is 0 Å². The Labute approximate surface area is 170 Å². The number of hydrogen-bond donors (Lipinski definition) is 0. The number of amides is 1. The molecule has 1 aliphatic heterocycles. The van der Waals surface area contributed by atoms with E-state index in [0.717, 1.165) is 4.31 Å². The van der Waals surface area contributed by atoms with Gasteiger partial charge in [-0.15, -0.1) is 0 Å². The van der Waals surface area contributed by atoms with Gasteiger partial charge in [0.1, 0.15) is 0 Å². The number of anilines is 1. The average Bonchev–Trinajstić information content (AvgIpc) is 2.78. The van der Waals surface area contributed by atoms with Crippen molar-refractivity contribution in [2.24, 2.45) is 0 Å². The smallest absolute Gasteiger partial charge is 0.264 e. The Hall–Kier alpha value is -2.78. The molecule has 1 heterocycles. The average molecular weight is 420 g/mol. The zero-order valence-electron chi connectivity index (χ0n) is 16.6. The van der Waals surface area contributed by atoms with E-state index in [-0.39, 0.29) is 10.8 Å². The van der Waals surface area contributed by atoms with E-state index < -0.39 is 10.0 Å². The molecule has 1 aliphatic rings. The molecule has 8 nitrogen and oxygen atoms in total. The van der Waals surface area contributed by atoms with E-state index in [2.05, 4.69) is 0 Å². The Bertz CT molecular complexity index is 969. The van der Waals surface area contributed by atoms with Crippen molar-refractivity contribution >= 4 is 21.6 Å². The first-order chi connectivity index (χ1) is 13.9. The van der Waals surface area contributed by atoms with Gasteiger partial charge in [-0.1, -0.05) is 0 Å². The minimum Gasteiger partial charge on any atom is -0.493 e. The fourth-order valence-electron chi connectivity index (χ4n) is 3.04. The van der Waals surface area contributed by atoms with Gasteiger partial charge in [-0.2, -0.15) is 0 Å². The molecule has 0 saturated carbocycles. The number of morpholine rings is 1. The summed E-state index contributed by atoms with van der Waals surface area (Å²) in [6.45, 7) is 2.15. The molecule has 1 saturated heterocycles. The number of rotatable bonds is 6. The lowest BCUT2D eigenvalue weighted by Gasteiger charge is -2.27. The summed E-state index contributed by atoms with van der Waals surface area (Å²) in [5, 5.41) is 0. The molecular weight excluding hydrogens is 396 g/mol. The highest BCUT2D eigenvalue weighted by molar-refractivity contribution is 7.92. The van der Waals surface area contributed by atoms with Gasteiger partial charge in [-0.3, -0.25) is 9.10 Å². The van der Waals surface area contributed by atoms with Crippen LogP contribution in [0.5, 0.6) is 11.5 Å². The molecule has 1 fully saturated rings.